The van der Waals surface area contributed by atoms with E-state index in [1.165, 1.54) is 24.3 Å². The van der Waals surface area contributed by atoms with Gasteiger partial charge in [-0.15, -0.1) is 0 Å². The van der Waals surface area contributed by atoms with Crippen molar-refractivity contribution in [3.05, 3.63) is 70.8 Å². The van der Waals surface area contributed by atoms with Gasteiger partial charge in [0, 0.05) is 0 Å². The topological polar surface area (TPSA) is 142 Å². The van der Waals surface area contributed by atoms with E-state index in [0.717, 1.165) is 11.1 Å². The van der Waals surface area contributed by atoms with Crippen LogP contribution in [0.25, 0.3) is 0 Å². The summed E-state index contributed by atoms with van der Waals surface area (Å²) >= 11 is 0. The molecular weight excluding hydrogens is 456 g/mol. The molecule has 0 radical (unpaired) electrons. The zero-order valence-electron chi connectivity index (χ0n) is 18.3. The smallest absolute Gasteiger partial charge is 0.432 e. The van der Waals surface area contributed by atoms with Gasteiger partial charge in [0.2, 0.25) is 0 Å². The maximum Gasteiger partial charge on any atom is 0.543 e. The first kappa shape index (κ1) is 26.1. The van der Waals surface area contributed by atoms with Crippen LogP contribution in [-0.4, -0.2) is 37.5 Å². The number of carbonyl (C=O) groups is 4. The lowest BCUT2D eigenvalue weighted by Gasteiger charge is -2.05. The van der Waals surface area contributed by atoms with E-state index in [2.05, 4.69) is 39.1 Å². The van der Waals surface area contributed by atoms with Crippen LogP contribution in [0.4, 0.5) is 9.59 Å². The van der Waals surface area contributed by atoms with Gasteiger partial charge in [0.1, 0.15) is 0 Å². The minimum Gasteiger partial charge on any atom is -0.432 e. The first-order valence-corrected chi connectivity index (χ1v) is 9.93. The van der Waals surface area contributed by atoms with E-state index < -0.39 is 24.2 Å². The van der Waals surface area contributed by atoms with E-state index in [1.54, 1.807) is 24.3 Å². The Labute approximate surface area is 193 Å². The van der Waals surface area contributed by atoms with E-state index >= 15 is 0 Å². The second-order valence-electron chi connectivity index (χ2n) is 6.68. The van der Waals surface area contributed by atoms with Gasteiger partial charge in [-0.2, -0.15) is 0 Å². The quantitative estimate of drug-likeness (QED) is 0.199. The van der Waals surface area contributed by atoms with Crippen molar-refractivity contribution >= 4 is 24.2 Å². The summed E-state index contributed by atoms with van der Waals surface area (Å²) in [5.41, 5.74) is 2.31. The summed E-state index contributed by atoms with van der Waals surface area (Å²) in [6, 6.07) is 12.9. The van der Waals surface area contributed by atoms with Crippen LogP contribution in [-0.2, 0) is 39.1 Å². The first-order chi connectivity index (χ1) is 16.3. The Morgan fingerprint density at radius 1 is 0.559 bits per heavy atom. The molecule has 12 nitrogen and oxygen atoms in total. The van der Waals surface area contributed by atoms with Gasteiger partial charge >= 0.3 is 24.2 Å². The maximum absolute atomic E-state index is 11.6. The molecule has 0 spiro atoms. The molecule has 2 aromatic carbocycles. The van der Waals surface area contributed by atoms with E-state index in [1.807, 2.05) is 13.8 Å². The lowest BCUT2D eigenvalue weighted by Crippen LogP contribution is -2.14. The predicted molar refractivity (Wildman–Crippen MR) is 109 cm³/mol. The molecule has 182 valence electrons. The first-order valence-electron chi connectivity index (χ1n) is 9.93. The van der Waals surface area contributed by atoms with E-state index in [4.69, 9.17) is 0 Å². The number of rotatable bonds is 11. The second kappa shape index (κ2) is 14.1. The fraction of sp³-hybridized carbons (Fsp3) is 0.273. The molecule has 0 saturated heterocycles. The largest absolute Gasteiger partial charge is 0.543 e. The summed E-state index contributed by atoms with van der Waals surface area (Å²) in [7, 11) is 0. The van der Waals surface area contributed by atoms with Gasteiger partial charge in [0.25, 0.3) is 0 Å². The number of ether oxygens (including phenoxy) is 2. The van der Waals surface area contributed by atoms with E-state index in [9.17, 15) is 19.2 Å². The van der Waals surface area contributed by atoms with Gasteiger partial charge in [0.05, 0.1) is 34.4 Å². The monoisotopic (exact) mass is 478 g/mol. The average Bonchev–Trinajstić information content (AvgIpc) is 2.82. The van der Waals surface area contributed by atoms with Gasteiger partial charge in [-0.05, 0) is 51.0 Å². The molecule has 0 amide bonds. The van der Waals surface area contributed by atoms with Crippen molar-refractivity contribution in [2.75, 3.05) is 13.2 Å². The predicted octanol–water partition coefficient (Wildman–Crippen LogP) is 4.10. The van der Waals surface area contributed by atoms with Gasteiger partial charge in [-0.25, -0.2) is 29.0 Å². The lowest BCUT2D eigenvalue weighted by atomic mass is 10.2. The van der Waals surface area contributed by atoms with Gasteiger partial charge in [0.15, 0.2) is 0 Å². The number of hydrogen-bond donors (Lipinski definition) is 0. The molecule has 0 saturated carbocycles. The Bertz CT molecular complexity index is 873. The maximum atomic E-state index is 11.6. The fourth-order valence-electron chi connectivity index (χ4n) is 2.19. The number of hydrogen-bond acceptors (Lipinski definition) is 12. The minimum atomic E-state index is -1.24. The Morgan fingerprint density at radius 2 is 0.912 bits per heavy atom. The van der Waals surface area contributed by atoms with Crippen LogP contribution in [0.2, 0.25) is 0 Å². The molecule has 0 fully saturated rings. The van der Waals surface area contributed by atoms with Crippen LogP contribution >= 0.6 is 0 Å². The molecule has 0 atom stereocenters. The van der Waals surface area contributed by atoms with Crippen molar-refractivity contribution in [2.45, 2.75) is 26.7 Å². The molecule has 0 bridgehead atoms. The zero-order valence-corrected chi connectivity index (χ0v) is 18.3. The molecular formula is C22H22O12. The van der Waals surface area contributed by atoms with Crippen LogP contribution in [0, 0.1) is 13.8 Å². The fourth-order valence-corrected chi connectivity index (χ4v) is 2.19. The van der Waals surface area contributed by atoms with Crippen molar-refractivity contribution in [1.29, 1.82) is 0 Å². The molecule has 34 heavy (non-hydrogen) atoms. The summed E-state index contributed by atoms with van der Waals surface area (Å²) in [6.07, 6.45) is -1.90. The SMILES string of the molecule is Cc1ccc(C(=O)OOOC(=O)OCCCCOC(=O)OOOC(=O)c2ccc(C)cc2)cc1. The molecule has 2 aromatic rings. The summed E-state index contributed by atoms with van der Waals surface area (Å²) in [6.45, 7) is 3.50. The Balaban J connectivity index is 1.45. The molecule has 0 N–H and O–H groups in total. The van der Waals surface area contributed by atoms with E-state index in [0.29, 0.717) is 0 Å². The molecule has 0 aromatic heterocycles. The number of unbranched alkanes of at least 4 members (excludes halogenated alkanes) is 1. The summed E-state index contributed by atoms with van der Waals surface area (Å²) in [5, 5.41) is 8.16. The van der Waals surface area contributed by atoms with Gasteiger partial charge in [-0.3, -0.25) is 9.78 Å². The molecule has 0 aliphatic heterocycles. The standard InChI is InChI=1S/C22H22O12/c1-15-5-9-17(10-6-15)19(23)29-33-31-21(25)27-13-3-4-14-28-22(26)32-34-30-20(24)18-11-7-16(2)8-12-18/h5-12H,3-4,13-14H2,1-2H3. The highest BCUT2D eigenvalue weighted by molar-refractivity contribution is 5.89. The Hall–Kier alpha value is -4.16. The minimum absolute atomic E-state index is 0.100. The highest BCUT2D eigenvalue weighted by Gasteiger charge is 2.13. The highest BCUT2D eigenvalue weighted by atomic mass is 17.5. The van der Waals surface area contributed by atoms with E-state index in [-0.39, 0.29) is 37.2 Å². The van der Waals surface area contributed by atoms with Crippen LogP contribution in [0.15, 0.2) is 48.5 Å². The molecule has 0 aliphatic carbocycles. The molecule has 0 aliphatic rings. The molecule has 0 unspecified atom stereocenters. The number of benzene rings is 2. The Kier molecular flexibility index (Phi) is 10.8. The third kappa shape index (κ3) is 9.97. The summed E-state index contributed by atoms with van der Waals surface area (Å²) in [4.78, 5) is 62.8. The second-order valence-corrected chi connectivity index (χ2v) is 6.68. The Morgan fingerprint density at radius 3 is 1.26 bits per heavy atom. The van der Waals surface area contributed by atoms with Crippen molar-refractivity contribution < 1.29 is 58.3 Å². The zero-order chi connectivity index (χ0) is 24.8. The molecule has 12 heteroatoms. The van der Waals surface area contributed by atoms with Crippen LogP contribution in [0.3, 0.4) is 0 Å². The number of aryl methyl sites for hydroxylation is 2. The van der Waals surface area contributed by atoms with Gasteiger partial charge in [-0.1, -0.05) is 35.4 Å². The summed E-state index contributed by atoms with van der Waals surface area (Å²) < 4.78 is 9.32. The van der Waals surface area contributed by atoms with Crippen LogP contribution < -0.4 is 0 Å². The molecule has 0 heterocycles. The lowest BCUT2D eigenvalue weighted by molar-refractivity contribution is -0.452. The van der Waals surface area contributed by atoms with Crippen molar-refractivity contribution in [3.8, 4) is 0 Å². The van der Waals surface area contributed by atoms with Crippen LogP contribution in [0.1, 0.15) is 44.7 Å². The highest BCUT2D eigenvalue weighted by Crippen LogP contribution is 2.07. The summed E-state index contributed by atoms with van der Waals surface area (Å²) in [5.74, 6) is -1.71. The van der Waals surface area contributed by atoms with Crippen molar-refractivity contribution in [2.24, 2.45) is 0 Å². The normalized spacial score (nSPS) is 10.1. The molecule has 2 rings (SSSR count). The van der Waals surface area contributed by atoms with Crippen LogP contribution in [0.5, 0.6) is 0 Å². The van der Waals surface area contributed by atoms with Gasteiger partial charge < -0.3 is 9.47 Å². The third-order valence-corrected chi connectivity index (χ3v) is 3.98. The average molecular weight is 478 g/mol. The van der Waals surface area contributed by atoms with Crippen molar-refractivity contribution in [3.63, 3.8) is 0 Å². The third-order valence-electron chi connectivity index (χ3n) is 3.98. The van der Waals surface area contributed by atoms with Crippen molar-refractivity contribution in [1.82, 2.24) is 0 Å². The number of carbonyl (C=O) groups excluding carboxylic acids is 4.